The standard InChI is InChI=1S/C19H20N2O2/c1-13(15-6-4-3-5-7-15)20-19(23)17-8-9-18-16(12-17)10-11-21(18)14(2)22/h3-9,12-13H,10-11H2,1-2H3,(H,20,23). The average molecular weight is 308 g/mol. The van der Waals surface area contributed by atoms with Crippen molar-refractivity contribution in [2.75, 3.05) is 11.4 Å². The van der Waals surface area contributed by atoms with Crippen molar-refractivity contribution < 1.29 is 9.59 Å². The van der Waals surface area contributed by atoms with Gasteiger partial charge in [-0.15, -0.1) is 0 Å². The minimum atomic E-state index is -0.0922. The van der Waals surface area contributed by atoms with Gasteiger partial charge in [0, 0.05) is 24.7 Å². The summed E-state index contributed by atoms with van der Waals surface area (Å²) in [5, 5.41) is 3.02. The Morgan fingerprint density at radius 2 is 1.87 bits per heavy atom. The van der Waals surface area contributed by atoms with Crippen molar-refractivity contribution >= 4 is 17.5 Å². The summed E-state index contributed by atoms with van der Waals surface area (Å²) in [4.78, 5) is 25.8. The van der Waals surface area contributed by atoms with Crippen molar-refractivity contribution in [3.05, 3.63) is 65.2 Å². The maximum atomic E-state index is 12.5. The largest absolute Gasteiger partial charge is 0.346 e. The molecule has 4 nitrogen and oxygen atoms in total. The summed E-state index contributed by atoms with van der Waals surface area (Å²) in [7, 11) is 0. The Morgan fingerprint density at radius 1 is 1.13 bits per heavy atom. The number of carbonyl (C=O) groups excluding carboxylic acids is 2. The molecule has 0 aromatic heterocycles. The molecule has 118 valence electrons. The van der Waals surface area contributed by atoms with Crippen molar-refractivity contribution in [1.29, 1.82) is 0 Å². The van der Waals surface area contributed by atoms with Crippen LogP contribution in [0.1, 0.15) is 41.4 Å². The molecule has 1 N–H and O–H groups in total. The Kier molecular flexibility index (Phi) is 4.15. The van der Waals surface area contributed by atoms with Gasteiger partial charge >= 0.3 is 0 Å². The van der Waals surface area contributed by atoms with Gasteiger partial charge in [0.25, 0.3) is 5.91 Å². The lowest BCUT2D eigenvalue weighted by Crippen LogP contribution is -2.27. The second kappa shape index (κ2) is 6.24. The second-order valence-electron chi connectivity index (χ2n) is 5.87. The van der Waals surface area contributed by atoms with Crippen LogP contribution in [0, 0.1) is 0 Å². The topological polar surface area (TPSA) is 49.4 Å². The minimum absolute atomic E-state index is 0.0404. The maximum Gasteiger partial charge on any atom is 0.251 e. The number of carbonyl (C=O) groups is 2. The lowest BCUT2D eigenvalue weighted by atomic mass is 10.1. The highest BCUT2D eigenvalue weighted by atomic mass is 16.2. The molecule has 2 amide bonds. The van der Waals surface area contributed by atoms with Crippen LogP contribution in [-0.2, 0) is 11.2 Å². The molecule has 1 heterocycles. The fourth-order valence-corrected chi connectivity index (χ4v) is 2.98. The van der Waals surface area contributed by atoms with Crippen molar-refractivity contribution in [2.24, 2.45) is 0 Å². The van der Waals surface area contributed by atoms with Gasteiger partial charge in [0.1, 0.15) is 0 Å². The molecule has 2 aromatic carbocycles. The highest BCUT2D eigenvalue weighted by Crippen LogP contribution is 2.29. The van der Waals surface area contributed by atoms with E-state index in [4.69, 9.17) is 0 Å². The Morgan fingerprint density at radius 3 is 2.57 bits per heavy atom. The number of nitrogens with zero attached hydrogens (tertiary/aromatic N) is 1. The molecule has 0 aliphatic carbocycles. The molecule has 0 fully saturated rings. The Hall–Kier alpha value is -2.62. The van der Waals surface area contributed by atoms with E-state index in [-0.39, 0.29) is 17.9 Å². The molecule has 0 saturated carbocycles. The molecular formula is C19H20N2O2. The number of rotatable bonds is 3. The Bertz CT molecular complexity index is 740. The zero-order valence-corrected chi connectivity index (χ0v) is 13.4. The number of fused-ring (bicyclic) bond motifs is 1. The Balaban J connectivity index is 1.75. The van der Waals surface area contributed by atoms with E-state index in [0.29, 0.717) is 12.1 Å². The smallest absolute Gasteiger partial charge is 0.251 e. The van der Waals surface area contributed by atoms with Crippen LogP contribution >= 0.6 is 0 Å². The third-order valence-electron chi connectivity index (χ3n) is 4.26. The van der Waals surface area contributed by atoms with E-state index >= 15 is 0 Å². The number of nitrogens with one attached hydrogen (secondary N) is 1. The first-order chi connectivity index (χ1) is 11.1. The second-order valence-corrected chi connectivity index (χ2v) is 5.87. The van der Waals surface area contributed by atoms with Crippen LogP contribution in [0.5, 0.6) is 0 Å². The van der Waals surface area contributed by atoms with Crippen molar-refractivity contribution in [2.45, 2.75) is 26.3 Å². The molecule has 0 spiro atoms. The molecule has 1 unspecified atom stereocenters. The van der Waals surface area contributed by atoms with Crippen LogP contribution in [0.15, 0.2) is 48.5 Å². The van der Waals surface area contributed by atoms with Gasteiger partial charge in [-0.2, -0.15) is 0 Å². The highest BCUT2D eigenvalue weighted by molar-refractivity contribution is 5.98. The van der Waals surface area contributed by atoms with E-state index in [1.807, 2.05) is 49.4 Å². The quantitative estimate of drug-likeness (QED) is 0.947. The van der Waals surface area contributed by atoms with Gasteiger partial charge in [-0.1, -0.05) is 30.3 Å². The first-order valence-corrected chi connectivity index (χ1v) is 7.83. The zero-order valence-electron chi connectivity index (χ0n) is 13.4. The molecule has 23 heavy (non-hydrogen) atoms. The molecule has 1 aliphatic rings. The van der Waals surface area contributed by atoms with E-state index in [2.05, 4.69) is 5.32 Å². The number of anilines is 1. The fraction of sp³-hybridized carbons (Fsp3) is 0.263. The van der Waals surface area contributed by atoms with Crippen LogP contribution in [0.3, 0.4) is 0 Å². The summed E-state index contributed by atoms with van der Waals surface area (Å²) in [6.07, 6.45) is 0.796. The third-order valence-corrected chi connectivity index (χ3v) is 4.26. The van der Waals surface area contributed by atoms with Gasteiger partial charge in [-0.3, -0.25) is 9.59 Å². The van der Waals surface area contributed by atoms with Gasteiger partial charge in [0.2, 0.25) is 5.91 Å². The van der Waals surface area contributed by atoms with Gasteiger partial charge in [-0.25, -0.2) is 0 Å². The van der Waals surface area contributed by atoms with Crippen molar-refractivity contribution in [1.82, 2.24) is 5.32 Å². The Labute approximate surface area is 136 Å². The molecule has 1 atom stereocenters. The molecule has 0 bridgehead atoms. The predicted molar refractivity (Wildman–Crippen MR) is 90.5 cm³/mol. The van der Waals surface area contributed by atoms with E-state index in [9.17, 15) is 9.59 Å². The SMILES string of the molecule is CC(=O)N1CCc2cc(C(=O)NC(C)c3ccccc3)ccc21. The summed E-state index contributed by atoms with van der Waals surface area (Å²) >= 11 is 0. The minimum Gasteiger partial charge on any atom is -0.346 e. The van der Waals surface area contributed by atoms with Crippen molar-refractivity contribution in [3.63, 3.8) is 0 Å². The van der Waals surface area contributed by atoms with Gasteiger partial charge in [0.15, 0.2) is 0 Å². The van der Waals surface area contributed by atoms with Crippen LogP contribution in [0.4, 0.5) is 5.69 Å². The fourth-order valence-electron chi connectivity index (χ4n) is 2.98. The average Bonchev–Trinajstić information content (AvgIpc) is 2.98. The highest BCUT2D eigenvalue weighted by Gasteiger charge is 2.23. The monoisotopic (exact) mass is 308 g/mol. The van der Waals surface area contributed by atoms with E-state index in [0.717, 1.165) is 23.2 Å². The van der Waals surface area contributed by atoms with Crippen LogP contribution in [0.2, 0.25) is 0 Å². The van der Waals surface area contributed by atoms with Crippen LogP contribution in [0.25, 0.3) is 0 Å². The number of benzene rings is 2. The number of hydrogen-bond donors (Lipinski definition) is 1. The van der Waals surface area contributed by atoms with E-state index in [1.54, 1.807) is 17.9 Å². The number of amides is 2. The first kappa shape index (κ1) is 15.3. The summed E-state index contributed by atoms with van der Waals surface area (Å²) in [5.74, 6) is -0.0518. The van der Waals surface area contributed by atoms with Crippen molar-refractivity contribution in [3.8, 4) is 0 Å². The first-order valence-electron chi connectivity index (χ1n) is 7.83. The molecule has 4 heteroatoms. The van der Waals surface area contributed by atoms with Gasteiger partial charge in [-0.05, 0) is 42.7 Å². The molecule has 1 aliphatic heterocycles. The molecule has 0 saturated heterocycles. The van der Waals surface area contributed by atoms with E-state index in [1.165, 1.54) is 0 Å². The van der Waals surface area contributed by atoms with Gasteiger partial charge < -0.3 is 10.2 Å². The van der Waals surface area contributed by atoms with Crippen LogP contribution in [-0.4, -0.2) is 18.4 Å². The molecule has 0 radical (unpaired) electrons. The summed E-state index contributed by atoms with van der Waals surface area (Å²) in [6.45, 7) is 4.23. The maximum absolute atomic E-state index is 12.5. The van der Waals surface area contributed by atoms with E-state index < -0.39 is 0 Å². The molecule has 3 rings (SSSR count). The lowest BCUT2D eigenvalue weighted by Gasteiger charge is -2.16. The molecule has 2 aromatic rings. The summed E-state index contributed by atoms with van der Waals surface area (Å²) in [6, 6.07) is 15.4. The predicted octanol–water partition coefficient (Wildman–Crippen LogP) is 3.09. The third kappa shape index (κ3) is 3.11. The summed E-state index contributed by atoms with van der Waals surface area (Å²) < 4.78 is 0. The normalized spacial score (nSPS) is 14.3. The number of hydrogen-bond acceptors (Lipinski definition) is 2. The van der Waals surface area contributed by atoms with Crippen LogP contribution < -0.4 is 10.2 Å². The molecular weight excluding hydrogens is 288 g/mol. The summed E-state index contributed by atoms with van der Waals surface area (Å²) in [5.41, 5.74) is 3.69. The van der Waals surface area contributed by atoms with Gasteiger partial charge in [0.05, 0.1) is 6.04 Å². The lowest BCUT2D eigenvalue weighted by molar-refractivity contribution is -0.116. The zero-order chi connectivity index (χ0) is 16.4.